The van der Waals surface area contributed by atoms with E-state index in [2.05, 4.69) is 0 Å². The van der Waals surface area contributed by atoms with E-state index in [4.69, 9.17) is 47.4 Å². The van der Waals surface area contributed by atoms with Crippen molar-refractivity contribution in [1.29, 1.82) is 0 Å². The molecular formula is C31H54O26. The number of rotatable bonds is 14. The van der Waals surface area contributed by atoms with E-state index in [0.717, 1.165) is 0 Å². The molecule has 5 aliphatic heterocycles. The van der Waals surface area contributed by atoms with E-state index in [-0.39, 0.29) is 0 Å². The van der Waals surface area contributed by atoms with Crippen molar-refractivity contribution < 1.29 is 129 Å². The van der Waals surface area contributed by atoms with Crippen molar-refractivity contribution in [2.75, 3.05) is 40.1 Å². The third-order valence-electron chi connectivity index (χ3n) is 10.5. The predicted octanol–water partition coefficient (Wildman–Crippen LogP) is -11.3. The topological polar surface area (TPSA) is 416 Å². The molecule has 0 aromatic heterocycles. The molecule has 0 aliphatic carbocycles. The van der Waals surface area contributed by atoms with Crippen molar-refractivity contribution in [3.8, 4) is 0 Å². The molecule has 0 bridgehead atoms. The van der Waals surface area contributed by atoms with Gasteiger partial charge in [-0.25, -0.2) is 0 Å². The van der Waals surface area contributed by atoms with Crippen LogP contribution in [0.15, 0.2) is 0 Å². The van der Waals surface area contributed by atoms with Gasteiger partial charge in [-0.3, -0.25) is 0 Å². The second-order valence-corrected chi connectivity index (χ2v) is 14.3. The molecule has 5 rings (SSSR count). The lowest BCUT2D eigenvalue weighted by Crippen LogP contribution is -2.63. The summed E-state index contributed by atoms with van der Waals surface area (Å²) in [6.07, 6.45) is -42.6. The highest BCUT2D eigenvalue weighted by Gasteiger charge is 2.51. The summed E-state index contributed by atoms with van der Waals surface area (Å²) in [5.74, 6) is 0. The highest BCUT2D eigenvalue weighted by molar-refractivity contribution is 4.95. The lowest BCUT2D eigenvalue weighted by atomic mass is 9.97. The molecule has 26 heteroatoms. The van der Waals surface area contributed by atoms with Crippen LogP contribution in [0.1, 0.15) is 0 Å². The lowest BCUT2D eigenvalue weighted by molar-refractivity contribution is -0.350. The van der Waals surface area contributed by atoms with Crippen LogP contribution >= 0.6 is 0 Å². The normalized spacial score (nSPS) is 52.5. The summed E-state index contributed by atoms with van der Waals surface area (Å²) in [4.78, 5) is 0. The first-order chi connectivity index (χ1) is 26.9. The Kier molecular flexibility index (Phi) is 16.7. The molecule has 0 amide bonds. The third-order valence-corrected chi connectivity index (χ3v) is 10.5. The molecule has 0 radical (unpaired) electrons. The summed E-state index contributed by atoms with van der Waals surface area (Å²) in [5.41, 5.74) is 0. The number of methoxy groups -OCH3 is 1. The standard InChI is InChI=1S/C31H54O26/c1-48-26-7(2-32)54-31(25(46)20(26)41)52-6-11-15(36)19(40)24(45)30(57-11)51-5-10-14(35)18(39)23(44)29(56-10)50-4-9-13(34)17(38)22(43)28(55-9)49-3-8-12(33)16(37)21(42)27(47)53-8/h7-47H,2-6H2,1H3/t7-,8-,9-,10-,11-,12+,13+,14+,15+,16+,17+,18+,19+,20-,21-,22-,23-,24-,25-,26-,27-,28-,29-,30-,31-/m1/s1. The highest BCUT2D eigenvalue weighted by Crippen LogP contribution is 2.30. The molecule has 0 aromatic rings. The van der Waals surface area contributed by atoms with E-state index in [1.54, 1.807) is 0 Å². The summed E-state index contributed by atoms with van der Waals surface area (Å²) in [7, 11) is 1.23. The molecule has 0 spiro atoms. The minimum atomic E-state index is -1.95. The Hall–Kier alpha value is -1.04. The summed E-state index contributed by atoms with van der Waals surface area (Å²) < 4.78 is 54.0. The van der Waals surface area contributed by atoms with Gasteiger partial charge in [0.15, 0.2) is 31.5 Å². The van der Waals surface area contributed by atoms with Crippen LogP contribution in [0.5, 0.6) is 0 Å². The fourth-order valence-corrected chi connectivity index (χ4v) is 6.88. The molecule has 57 heavy (non-hydrogen) atoms. The molecule has 334 valence electrons. The van der Waals surface area contributed by atoms with E-state index in [0.29, 0.717) is 0 Å². The zero-order valence-electron chi connectivity index (χ0n) is 30.2. The van der Waals surface area contributed by atoms with Gasteiger partial charge in [0.25, 0.3) is 0 Å². The number of hydrogen-bond donors (Lipinski definition) is 16. The third kappa shape index (κ3) is 10.2. The maximum Gasteiger partial charge on any atom is 0.186 e. The lowest BCUT2D eigenvalue weighted by Gasteiger charge is -2.44. The van der Waals surface area contributed by atoms with Crippen molar-refractivity contribution in [3.05, 3.63) is 0 Å². The van der Waals surface area contributed by atoms with Crippen LogP contribution in [0.4, 0.5) is 0 Å². The minimum Gasteiger partial charge on any atom is -0.394 e. The van der Waals surface area contributed by atoms with Crippen molar-refractivity contribution in [2.45, 2.75) is 154 Å². The first-order valence-corrected chi connectivity index (χ1v) is 18.0. The Morgan fingerprint density at radius 1 is 0.333 bits per heavy atom. The molecule has 0 aromatic carbocycles. The highest BCUT2D eigenvalue weighted by atomic mass is 16.8. The zero-order chi connectivity index (χ0) is 42.0. The monoisotopic (exact) mass is 842 g/mol. The van der Waals surface area contributed by atoms with Crippen LogP contribution in [0.2, 0.25) is 0 Å². The van der Waals surface area contributed by atoms with Gasteiger partial charge in [0, 0.05) is 7.11 Å². The largest absolute Gasteiger partial charge is 0.394 e. The number of aliphatic hydroxyl groups excluding tert-OH is 16. The van der Waals surface area contributed by atoms with Crippen LogP contribution in [-0.2, 0) is 47.4 Å². The van der Waals surface area contributed by atoms with E-state index in [1.807, 2.05) is 0 Å². The molecular weight excluding hydrogens is 788 g/mol. The maximum absolute atomic E-state index is 10.6. The van der Waals surface area contributed by atoms with Gasteiger partial charge in [-0.15, -0.1) is 0 Å². The maximum atomic E-state index is 10.6. The van der Waals surface area contributed by atoms with E-state index in [9.17, 15) is 81.7 Å². The van der Waals surface area contributed by atoms with Gasteiger partial charge >= 0.3 is 0 Å². The summed E-state index contributed by atoms with van der Waals surface area (Å²) in [6, 6.07) is 0. The SMILES string of the molecule is CO[C@H]1[C@H](O)[C@@H](O)[C@H](OC[C@H]2O[C@@H](OC[C@H]3O[C@@H](OC[C@H]4O[C@@H](OC[C@H]5O[C@@H](O)[C@H](O)[C@@H](O)[C@H]5O)[C@H](O)[C@@H](O)[C@H]4O)[C@H](O)[C@@H](O)[C@H]3O)[C@H](O)[C@@H](O)[C@H]2O)O[C@@H]1CO. The molecule has 16 N–H and O–H groups in total. The van der Waals surface area contributed by atoms with Crippen LogP contribution in [-0.4, -0.2) is 275 Å². The Balaban J connectivity index is 1.15. The van der Waals surface area contributed by atoms with E-state index >= 15 is 0 Å². The molecule has 5 aliphatic rings. The van der Waals surface area contributed by atoms with Crippen molar-refractivity contribution >= 4 is 0 Å². The van der Waals surface area contributed by atoms with Gasteiger partial charge in [0.2, 0.25) is 0 Å². The fraction of sp³-hybridized carbons (Fsp3) is 1.00. The molecule has 25 atom stereocenters. The molecule has 26 nitrogen and oxygen atoms in total. The fourth-order valence-electron chi connectivity index (χ4n) is 6.88. The Morgan fingerprint density at radius 2 is 0.614 bits per heavy atom. The van der Waals surface area contributed by atoms with Gasteiger partial charge in [-0.2, -0.15) is 0 Å². The van der Waals surface area contributed by atoms with Gasteiger partial charge < -0.3 is 129 Å². The number of aliphatic hydroxyl groups is 16. The summed E-state index contributed by atoms with van der Waals surface area (Å²) in [5, 5.41) is 165. The van der Waals surface area contributed by atoms with Crippen LogP contribution < -0.4 is 0 Å². The number of hydrogen-bond acceptors (Lipinski definition) is 26. The van der Waals surface area contributed by atoms with Gasteiger partial charge in [0.05, 0.1) is 33.0 Å². The summed E-state index contributed by atoms with van der Waals surface area (Å²) in [6.45, 7) is -3.37. The summed E-state index contributed by atoms with van der Waals surface area (Å²) >= 11 is 0. The minimum absolute atomic E-state index is 0.617. The zero-order valence-corrected chi connectivity index (χ0v) is 30.2. The smallest absolute Gasteiger partial charge is 0.186 e. The van der Waals surface area contributed by atoms with E-state index < -0.39 is 187 Å². The van der Waals surface area contributed by atoms with E-state index in [1.165, 1.54) is 7.11 Å². The van der Waals surface area contributed by atoms with Crippen LogP contribution in [0.25, 0.3) is 0 Å². The van der Waals surface area contributed by atoms with Crippen LogP contribution in [0.3, 0.4) is 0 Å². The van der Waals surface area contributed by atoms with Gasteiger partial charge in [-0.05, 0) is 0 Å². The average Bonchev–Trinajstić information content (AvgIpc) is 3.20. The molecule has 5 saturated heterocycles. The van der Waals surface area contributed by atoms with Gasteiger partial charge in [0.1, 0.15) is 122 Å². The van der Waals surface area contributed by atoms with Gasteiger partial charge in [-0.1, -0.05) is 0 Å². The average molecular weight is 843 g/mol. The Morgan fingerprint density at radius 3 is 0.930 bits per heavy atom. The number of ether oxygens (including phenoxy) is 10. The van der Waals surface area contributed by atoms with Crippen molar-refractivity contribution in [2.24, 2.45) is 0 Å². The molecule has 5 heterocycles. The Labute approximate surface area is 323 Å². The Bertz CT molecular complexity index is 1220. The predicted molar refractivity (Wildman–Crippen MR) is 171 cm³/mol. The first-order valence-electron chi connectivity index (χ1n) is 18.0. The van der Waals surface area contributed by atoms with Crippen molar-refractivity contribution in [3.63, 3.8) is 0 Å². The quantitative estimate of drug-likeness (QED) is 0.0772. The second kappa shape index (κ2) is 20.2. The van der Waals surface area contributed by atoms with Crippen molar-refractivity contribution in [1.82, 2.24) is 0 Å². The first kappa shape index (κ1) is 47.0. The second-order valence-electron chi connectivity index (χ2n) is 14.3. The molecule has 5 fully saturated rings. The van der Waals surface area contributed by atoms with Crippen LogP contribution in [0, 0.1) is 0 Å². The molecule has 0 saturated carbocycles. The molecule has 0 unspecified atom stereocenters.